The highest BCUT2D eigenvalue weighted by Crippen LogP contribution is 2.20. The lowest BCUT2D eigenvalue weighted by Crippen LogP contribution is -2.15. The van der Waals surface area contributed by atoms with Crippen molar-refractivity contribution >= 4 is 0 Å². The van der Waals surface area contributed by atoms with E-state index in [9.17, 15) is 0 Å². The minimum Gasteiger partial charge on any atom is -0.478 e. The van der Waals surface area contributed by atoms with E-state index >= 15 is 0 Å². The van der Waals surface area contributed by atoms with Gasteiger partial charge in [-0.1, -0.05) is 20.8 Å². The zero-order valence-corrected chi connectivity index (χ0v) is 13.1. The first kappa shape index (κ1) is 15.3. The van der Waals surface area contributed by atoms with Crippen LogP contribution in [0.2, 0.25) is 0 Å². The Morgan fingerprint density at radius 2 is 2.15 bits per heavy atom. The highest BCUT2D eigenvalue weighted by Gasteiger charge is 2.20. The van der Waals surface area contributed by atoms with E-state index in [-0.39, 0.29) is 0 Å². The van der Waals surface area contributed by atoms with Crippen molar-refractivity contribution in [2.75, 3.05) is 6.61 Å². The molecule has 3 heteroatoms. The van der Waals surface area contributed by atoms with Gasteiger partial charge in [-0.05, 0) is 49.7 Å². The van der Waals surface area contributed by atoms with Crippen molar-refractivity contribution in [3.05, 3.63) is 23.4 Å². The van der Waals surface area contributed by atoms with Gasteiger partial charge in [0.05, 0.1) is 6.61 Å². The Morgan fingerprint density at radius 1 is 1.35 bits per heavy atom. The lowest BCUT2D eigenvalue weighted by molar-refractivity contribution is 0.286. The molecule has 0 spiro atoms. The molecule has 3 nitrogen and oxygen atoms in total. The maximum Gasteiger partial charge on any atom is 0.213 e. The van der Waals surface area contributed by atoms with Gasteiger partial charge < -0.3 is 10.1 Å². The second kappa shape index (κ2) is 7.63. The minimum absolute atomic E-state index is 0.739. The van der Waals surface area contributed by atoms with Crippen molar-refractivity contribution in [3.63, 3.8) is 0 Å². The van der Waals surface area contributed by atoms with Crippen LogP contribution in [-0.4, -0.2) is 17.6 Å². The zero-order chi connectivity index (χ0) is 14.4. The van der Waals surface area contributed by atoms with Gasteiger partial charge in [-0.25, -0.2) is 4.98 Å². The van der Waals surface area contributed by atoms with Gasteiger partial charge >= 0.3 is 0 Å². The lowest BCUT2D eigenvalue weighted by atomic mass is 10.1. The Labute approximate surface area is 123 Å². The highest BCUT2D eigenvalue weighted by atomic mass is 16.5. The molecule has 0 radical (unpaired) electrons. The van der Waals surface area contributed by atoms with Crippen LogP contribution in [0.1, 0.15) is 57.7 Å². The SMILES string of the molecule is CCc1cc(CNC2CC2)cc(OCCCC(C)C)n1. The van der Waals surface area contributed by atoms with E-state index in [4.69, 9.17) is 4.74 Å². The van der Waals surface area contributed by atoms with E-state index in [0.717, 1.165) is 49.5 Å². The van der Waals surface area contributed by atoms with Crippen LogP contribution in [0.3, 0.4) is 0 Å². The average Bonchev–Trinajstić information content (AvgIpc) is 3.25. The molecule has 0 bridgehead atoms. The van der Waals surface area contributed by atoms with Crippen LogP contribution in [0.4, 0.5) is 0 Å². The Bertz CT molecular complexity index is 413. The summed E-state index contributed by atoms with van der Waals surface area (Å²) in [5.74, 6) is 1.53. The molecule has 1 aliphatic rings. The molecule has 0 saturated heterocycles. The number of aryl methyl sites for hydroxylation is 1. The number of rotatable bonds is 9. The fraction of sp³-hybridized carbons (Fsp3) is 0.706. The molecule has 0 aliphatic heterocycles. The molecule has 0 unspecified atom stereocenters. The summed E-state index contributed by atoms with van der Waals surface area (Å²) in [7, 11) is 0. The second-order valence-electron chi connectivity index (χ2n) is 6.20. The van der Waals surface area contributed by atoms with Crippen LogP contribution in [0.25, 0.3) is 0 Å². The van der Waals surface area contributed by atoms with Crippen LogP contribution in [0.5, 0.6) is 5.88 Å². The number of nitrogens with zero attached hydrogens (tertiary/aromatic N) is 1. The fourth-order valence-corrected chi connectivity index (χ4v) is 2.20. The average molecular weight is 276 g/mol. The molecule has 112 valence electrons. The molecule has 1 aromatic rings. The molecule has 0 atom stereocenters. The molecule has 1 N–H and O–H groups in total. The van der Waals surface area contributed by atoms with Crippen LogP contribution >= 0.6 is 0 Å². The number of ether oxygens (including phenoxy) is 1. The van der Waals surface area contributed by atoms with Crippen LogP contribution in [-0.2, 0) is 13.0 Å². The molecule has 1 saturated carbocycles. The summed E-state index contributed by atoms with van der Waals surface area (Å²) in [6.07, 6.45) is 5.92. The number of nitrogens with one attached hydrogen (secondary N) is 1. The quantitative estimate of drug-likeness (QED) is 0.698. The lowest BCUT2D eigenvalue weighted by Gasteiger charge is -2.11. The van der Waals surface area contributed by atoms with E-state index in [0.29, 0.717) is 0 Å². The Balaban J connectivity index is 1.86. The number of aromatic nitrogens is 1. The van der Waals surface area contributed by atoms with Crippen LogP contribution < -0.4 is 10.1 Å². The van der Waals surface area contributed by atoms with Gasteiger partial charge in [-0.15, -0.1) is 0 Å². The summed E-state index contributed by atoms with van der Waals surface area (Å²) in [5.41, 5.74) is 2.42. The summed E-state index contributed by atoms with van der Waals surface area (Å²) in [6, 6.07) is 5.02. The molecular formula is C17H28N2O. The highest BCUT2D eigenvalue weighted by molar-refractivity contribution is 5.25. The topological polar surface area (TPSA) is 34.1 Å². The molecule has 2 rings (SSSR count). The van der Waals surface area contributed by atoms with Gasteiger partial charge in [0.2, 0.25) is 5.88 Å². The van der Waals surface area contributed by atoms with Gasteiger partial charge in [0.15, 0.2) is 0 Å². The first-order valence-electron chi connectivity index (χ1n) is 8.03. The van der Waals surface area contributed by atoms with Crippen LogP contribution in [0, 0.1) is 5.92 Å². The van der Waals surface area contributed by atoms with Crippen molar-refractivity contribution in [2.45, 2.75) is 65.5 Å². The second-order valence-corrected chi connectivity index (χ2v) is 6.20. The molecule has 1 fully saturated rings. The van der Waals surface area contributed by atoms with E-state index in [1.54, 1.807) is 0 Å². The minimum atomic E-state index is 0.739. The standard InChI is InChI=1S/C17H28N2O/c1-4-15-10-14(12-18-16-7-8-16)11-17(19-15)20-9-5-6-13(2)3/h10-11,13,16,18H,4-9,12H2,1-3H3. The first-order valence-corrected chi connectivity index (χ1v) is 8.03. The summed E-state index contributed by atoms with van der Waals surface area (Å²) in [6.45, 7) is 8.34. The van der Waals surface area contributed by atoms with Crippen molar-refractivity contribution in [2.24, 2.45) is 5.92 Å². The monoisotopic (exact) mass is 276 g/mol. The third kappa shape index (κ3) is 5.49. The summed E-state index contributed by atoms with van der Waals surface area (Å²) >= 11 is 0. The third-order valence-electron chi connectivity index (χ3n) is 3.62. The molecule has 0 amide bonds. The molecule has 1 aliphatic carbocycles. The first-order chi connectivity index (χ1) is 9.67. The number of pyridine rings is 1. The van der Waals surface area contributed by atoms with Gasteiger partial charge in [0.1, 0.15) is 0 Å². The van der Waals surface area contributed by atoms with E-state index in [1.807, 2.05) is 0 Å². The number of hydrogen-bond donors (Lipinski definition) is 1. The third-order valence-corrected chi connectivity index (χ3v) is 3.62. The molecule has 0 aromatic carbocycles. The fourth-order valence-electron chi connectivity index (χ4n) is 2.20. The summed E-state index contributed by atoms with van der Waals surface area (Å²) < 4.78 is 5.82. The van der Waals surface area contributed by atoms with Gasteiger partial charge in [-0.3, -0.25) is 0 Å². The zero-order valence-electron chi connectivity index (χ0n) is 13.1. The predicted molar refractivity (Wildman–Crippen MR) is 83.0 cm³/mol. The van der Waals surface area contributed by atoms with Gasteiger partial charge in [0, 0.05) is 24.3 Å². The Kier molecular flexibility index (Phi) is 5.84. The van der Waals surface area contributed by atoms with Gasteiger partial charge in [-0.2, -0.15) is 0 Å². The summed E-state index contributed by atoms with van der Waals surface area (Å²) in [4.78, 5) is 4.56. The van der Waals surface area contributed by atoms with E-state index in [2.05, 4.69) is 43.2 Å². The maximum atomic E-state index is 5.82. The van der Waals surface area contributed by atoms with Crippen LogP contribution in [0.15, 0.2) is 12.1 Å². The van der Waals surface area contributed by atoms with E-state index < -0.39 is 0 Å². The summed E-state index contributed by atoms with van der Waals surface area (Å²) in [5, 5.41) is 3.55. The number of hydrogen-bond acceptors (Lipinski definition) is 3. The normalized spacial score (nSPS) is 14.8. The van der Waals surface area contributed by atoms with Crippen molar-refractivity contribution in [1.29, 1.82) is 0 Å². The molecule has 1 heterocycles. The molecular weight excluding hydrogens is 248 g/mol. The van der Waals surface area contributed by atoms with Gasteiger partial charge in [0.25, 0.3) is 0 Å². The van der Waals surface area contributed by atoms with Crippen molar-refractivity contribution < 1.29 is 4.74 Å². The smallest absolute Gasteiger partial charge is 0.213 e. The maximum absolute atomic E-state index is 5.82. The van der Waals surface area contributed by atoms with E-state index in [1.165, 1.54) is 24.8 Å². The van der Waals surface area contributed by atoms with Crippen molar-refractivity contribution in [1.82, 2.24) is 10.3 Å². The largest absolute Gasteiger partial charge is 0.478 e. The Hall–Kier alpha value is -1.09. The Morgan fingerprint density at radius 3 is 2.80 bits per heavy atom. The van der Waals surface area contributed by atoms with Crippen molar-refractivity contribution in [3.8, 4) is 5.88 Å². The predicted octanol–water partition coefficient (Wildman–Crippen LogP) is 3.71. The molecule has 1 aromatic heterocycles. The molecule has 20 heavy (non-hydrogen) atoms.